The van der Waals surface area contributed by atoms with E-state index < -0.39 is 5.41 Å². The van der Waals surface area contributed by atoms with Gasteiger partial charge in [0.2, 0.25) is 0 Å². The Balaban J connectivity index is 1.67. The maximum absolute atomic E-state index is 13.7. The minimum Gasteiger partial charge on any atom is -0.483 e. The first-order chi connectivity index (χ1) is 16.3. The molecule has 4 nitrogen and oxygen atoms in total. The Morgan fingerprint density at radius 1 is 1.03 bits per heavy atom. The molecule has 0 bridgehead atoms. The molecule has 0 saturated heterocycles. The largest absolute Gasteiger partial charge is 0.483 e. The summed E-state index contributed by atoms with van der Waals surface area (Å²) in [6, 6.07) is 20.9. The van der Waals surface area contributed by atoms with E-state index in [4.69, 9.17) is 33.2 Å². The van der Waals surface area contributed by atoms with Crippen LogP contribution in [0.4, 0.5) is 4.39 Å². The zero-order chi connectivity index (χ0) is 24.3. The smallest absolute Gasteiger partial charge is 0.176 e. The highest BCUT2D eigenvalue weighted by Gasteiger charge is 2.30. The number of aromatic nitrogens is 2. The number of thioether (sulfide) groups is 1. The van der Waals surface area contributed by atoms with Crippen LogP contribution >= 0.6 is 35.0 Å². The molecule has 0 N–H and O–H groups in total. The fourth-order valence-electron chi connectivity index (χ4n) is 3.53. The van der Waals surface area contributed by atoms with E-state index in [9.17, 15) is 4.39 Å². The molecule has 0 saturated carbocycles. The zero-order valence-corrected chi connectivity index (χ0v) is 20.8. The summed E-state index contributed by atoms with van der Waals surface area (Å²) in [5.74, 6) is 0.645. The normalized spacial score (nSPS) is 11.3. The monoisotopic (exact) mass is 511 g/mol. The Bertz CT molecular complexity index is 1350. The van der Waals surface area contributed by atoms with E-state index in [1.807, 2.05) is 22.9 Å². The number of nitrogens with zero attached hydrogens (tertiary/aromatic N) is 3. The molecule has 0 aliphatic rings. The van der Waals surface area contributed by atoms with Gasteiger partial charge in [0.15, 0.2) is 5.16 Å². The lowest BCUT2D eigenvalue weighted by Gasteiger charge is -2.27. The first kappa shape index (κ1) is 24.2. The van der Waals surface area contributed by atoms with Gasteiger partial charge in [-0.3, -0.25) is 4.57 Å². The van der Waals surface area contributed by atoms with Crippen LogP contribution in [0.15, 0.2) is 78.1 Å². The minimum absolute atomic E-state index is 0.302. The highest BCUT2D eigenvalue weighted by Crippen LogP contribution is 2.38. The fraction of sp³-hybridized carbons (Fsp3) is 0.154. The number of benzene rings is 3. The average Bonchev–Trinajstić information content (AvgIpc) is 3.26. The van der Waals surface area contributed by atoms with Crippen LogP contribution in [0.1, 0.15) is 30.7 Å². The van der Waals surface area contributed by atoms with Crippen molar-refractivity contribution in [2.45, 2.75) is 24.4 Å². The number of hydrogen-bond acceptors (Lipinski definition) is 4. The van der Waals surface area contributed by atoms with Gasteiger partial charge in [-0.05, 0) is 78.0 Å². The van der Waals surface area contributed by atoms with E-state index >= 15 is 0 Å². The van der Waals surface area contributed by atoms with Crippen LogP contribution in [0.2, 0.25) is 10.0 Å². The van der Waals surface area contributed by atoms with E-state index in [-0.39, 0.29) is 5.82 Å². The number of rotatable bonds is 7. The number of halogens is 3. The van der Waals surface area contributed by atoms with Gasteiger partial charge < -0.3 is 4.74 Å². The van der Waals surface area contributed by atoms with Crippen molar-refractivity contribution in [3.8, 4) is 17.5 Å². The summed E-state index contributed by atoms with van der Waals surface area (Å²) in [6.45, 7) is 4.15. The van der Waals surface area contributed by atoms with E-state index in [1.165, 1.54) is 23.9 Å². The Morgan fingerprint density at radius 3 is 2.38 bits per heavy atom. The lowest BCUT2D eigenvalue weighted by molar-refractivity contribution is 0.392. The van der Waals surface area contributed by atoms with Crippen molar-refractivity contribution >= 4 is 35.0 Å². The number of ether oxygens (including phenoxy) is 1. The molecule has 0 fully saturated rings. The van der Waals surface area contributed by atoms with Gasteiger partial charge in [0.05, 0.1) is 33.6 Å². The van der Waals surface area contributed by atoms with E-state index in [0.717, 1.165) is 16.9 Å². The van der Waals surface area contributed by atoms with Crippen LogP contribution in [0, 0.1) is 17.1 Å². The number of hydrogen-bond donors (Lipinski definition) is 0. The summed E-state index contributed by atoms with van der Waals surface area (Å²) in [5.41, 5.74) is 2.74. The van der Waals surface area contributed by atoms with Crippen LogP contribution < -0.4 is 4.74 Å². The highest BCUT2D eigenvalue weighted by atomic mass is 35.5. The second-order valence-electron chi connectivity index (χ2n) is 8.03. The first-order valence-corrected chi connectivity index (χ1v) is 12.1. The van der Waals surface area contributed by atoms with Crippen LogP contribution in [0.3, 0.4) is 0 Å². The molecule has 0 atom stereocenters. The maximum Gasteiger partial charge on any atom is 0.176 e. The molecule has 8 heteroatoms. The van der Waals surface area contributed by atoms with Crippen molar-refractivity contribution in [2.75, 3.05) is 5.94 Å². The first-order valence-electron chi connectivity index (χ1n) is 10.3. The van der Waals surface area contributed by atoms with Crippen molar-refractivity contribution in [3.05, 3.63) is 106 Å². The van der Waals surface area contributed by atoms with Crippen molar-refractivity contribution in [3.63, 3.8) is 0 Å². The van der Waals surface area contributed by atoms with Crippen molar-refractivity contribution < 1.29 is 9.13 Å². The Hall–Kier alpha value is -2.98. The summed E-state index contributed by atoms with van der Waals surface area (Å²) in [7, 11) is 0. The van der Waals surface area contributed by atoms with Gasteiger partial charge in [0, 0.05) is 11.1 Å². The highest BCUT2D eigenvalue weighted by molar-refractivity contribution is 7.99. The topological polar surface area (TPSA) is 50.8 Å². The lowest BCUT2D eigenvalue weighted by Crippen LogP contribution is -2.23. The number of nitriles is 1. The molecule has 1 aromatic heterocycles. The van der Waals surface area contributed by atoms with Gasteiger partial charge in [-0.25, -0.2) is 9.37 Å². The Kier molecular flexibility index (Phi) is 7.18. The SMILES string of the molecule is CC(C)(c1ccc(Cl)c(Cl)c1)c1cnc(SCOc2ccc(C#N)cc2)n1-c1ccc(F)cc1. The molecule has 0 aliphatic carbocycles. The molecule has 1 heterocycles. The third-order valence-electron chi connectivity index (χ3n) is 5.49. The molecule has 4 rings (SSSR count). The molecule has 0 amide bonds. The van der Waals surface area contributed by atoms with E-state index in [1.54, 1.807) is 42.5 Å². The van der Waals surface area contributed by atoms with Gasteiger partial charge >= 0.3 is 0 Å². The Labute approximate surface area is 211 Å². The minimum atomic E-state index is -0.484. The third-order valence-corrected chi connectivity index (χ3v) is 7.01. The van der Waals surface area contributed by atoms with Gasteiger partial charge in [-0.1, -0.05) is 43.1 Å². The molecule has 0 aliphatic heterocycles. The van der Waals surface area contributed by atoms with E-state index in [2.05, 4.69) is 24.9 Å². The molecule has 34 heavy (non-hydrogen) atoms. The lowest BCUT2D eigenvalue weighted by atomic mass is 9.81. The standard InChI is InChI=1S/C26H20Cl2FN3OS/c1-26(2,18-5-12-22(27)23(28)13-18)24-15-31-25(32(24)20-8-6-19(29)7-9-20)34-16-33-21-10-3-17(14-30)4-11-21/h3-13,15H,16H2,1-2H3. The summed E-state index contributed by atoms with van der Waals surface area (Å²) >= 11 is 13.8. The van der Waals surface area contributed by atoms with E-state index in [0.29, 0.717) is 32.5 Å². The summed E-state index contributed by atoms with van der Waals surface area (Å²) in [5, 5.41) is 10.6. The zero-order valence-electron chi connectivity index (χ0n) is 18.4. The predicted molar refractivity (Wildman–Crippen MR) is 135 cm³/mol. The van der Waals surface area contributed by atoms with Gasteiger partial charge in [0.25, 0.3) is 0 Å². The quantitative estimate of drug-likeness (QED) is 0.189. The summed E-state index contributed by atoms with van der Waals surface area (Å²) in [6.07, 6.45) is 1.82. The molecular formula is C26H20Cl2FN3OS. The van der Waals surface area contributed by atoms with Crippen LogP contribution in [0.25, 0.3) is 5.69 Å². The third kappa shape index (κ3) is 5.07. The van der Waals surface area contributed by atoms with Crippen molar-refractivity contribution in [1.29, 1.82) is 5.26 Å². The second kappa shape index (κ2) is 10.1. The van der Waals surface area contributed by atoms with Crippen molar-refractivity contribution in [2.24, 2.45) is 0 Å². The molecule has 172 valence electrons. The van der Waals surface area contributed by atoms with Gasteiger partial charge in [-0.2, -0.15) is 5.26 Å². The van der Waals surface area contributed by atoms with Crippen LogP contribution in [0.5, 0.6) is 5.75 Å². The summed E-state index contributed by atoms with van der Waals surface area (Å²) in [4.78, 5) is 4.66. The van der Waals surface area contributed by atoms with Crippen molar-refractivity contribution in [1.82, 2.24) is 9.55 Å². The molecule has 0 radical (unpaired) electrons. The van der Waals surface area contributed by atoms with Crippen LogP contribution in [-0.4, -0.2) is 15.5 Å². The number of imidazole rings is 1. The fourth-order valence-corrected chi connectivity index (χ4v) is 4.58. The predicted octanol–water partition coefficient (Wildman–Crippen LogP) is 7.64. The second-order valence-corrected chi connectivity index (χ2v) is 9.74. The van der Waals surface area contributed by atoms with Gasteiger partial charge in [0.1, 0.15) is 17.5 Å². The van der Waals surface area contributed by atoms with Crippen LogP contribution in [-0.2, 0) is 5.41 Å². The average molecular weight is 512 g/mol. The Morgan fingerprint density at radius 2 is 1.74 bits per heavy atom. The summed E-state index contributed by atoms with van der Waals surface area (Å²) < 4.78 is 21.5. The van der Waals surface area contributed by atoms with Gasteiger partial charge in [-0.15, -0.1) is 0 Å². The molecule has 0 unspecified atom stereocenters. The molecule has 4 aromatic rings. The molecule has 3 aromatic carbocycles. The maximum atomic E-state index is 13.7. The molecule has 0 spiro atoms. The molecular weight excluding hydrogens is 492 g/mol.